The highest BCUT2D eigenvalue weighted by atomic mass is 16.5. The summed E-state index contributed by atoms with van der Waals surface area (Å²) >= 11 is 0. The lowest BCUT2D eigenvalue weighted by atomic mass is 9.91. The maximum atomic E-state index is 13.4. The molecule has 1 atom stereocenters. The summed E-state index contributed by atoms with van der Waals surface area (Å²) < 4.78 is 17.3. The van der Waals surface area contributed by atoms with Crippen LogP contribution in [0.5, 0.6) is 17.2 Å². The summed E-state index contributed by atoms with van der Waals surface area (Å²) in [5.41, 5.74) is 4.66. The zero-order valence-electron chi connectivity index (χ0n) is 20.3. The van der Waals surface area contributed by atoms with Gasteiger partial charge in [-0.15, -0.1) is 0 Å². The molecular formula is C29H33NO4. The smallest absolute Gasteiger partial charge is 0.223 e. The Hall–Kier alpha value is -3.47. The third kappa shape index (κ3) is 5.36. The zero-order valence-corrected chi connectivity index (χ0v) is 20.3. The lowest BCUT2D eigenvalue weighted by Crippen LogP contribution is -2.42. The molecule has 34 heavy (non-hydrogen) atoms. The van der Waals surface area contributed by atoms with Crippen molar-refractivity contribution in [1.29, 1.82) is 0 Å². The van der Waals surface area contributed by atoms with E-state index in [1.807, 2.05) is 47.4 Å². The van der Waals surface area contributed by atoms with Crippen LogP contribution < -0.4 is 14.2 Å². The number of rotatable bonds is 9. The first-order valence-electron chi connectivity index (χ1n) is 11.9. The Balaban J connectivity index is 1.58. The molecule has 3 aromatic rings. The van der Waals surface area contributed by atoms with Crippen molar-refractivity contribution >= 4 is 5.91 Å². The number of carbonyl (C=O) groups is 1. The van der Waals surface area contributed by atoms with Crippen molar-refractivity contribution in [1.82, 2.24) is 4.90 Å². The molecule has 1 amide bonds. The number of benzene rings is 3. The molecule has 0 aromatic heterocycles. The lowest BCUT2D eigenvalue weighted by molar-refractivity contribution is -0.134. The standard InChI is InChI=1S/C29H33NO4/c1-4-21-10-13-24(14-11-21)34-20-26-25-19-28(33-3)27(32-2)18-23(25)16-17-30(26)29(31)15-12-22-8-6-5-7-9-22/h5-11,13-14,18-19,26H,4,12,15-17,20H2,1-3H3. The largest absolute Gasteiger partial charge is 0.493 e. The number of carbonyl (C=O) groups excluding carboxylic acids is 1. The third-order valence-electron chi connectivity index (χ3n) is 6.53. The number of nitrogens with zero attached hydrogens (tertiary/aromatic N) is 1. The van der Waals surface area contributed by atoms with Gasteiger partial charge in [0.2, 0.25) is 5.91 Å². The van der Waals surface area contributed by atoms with Crippen LogP contribution in [0.4, 0.5) is 0 Å². The summed E-state index contributed by atoms with van der Waals surface area (Å²) in [7, 11) is 3.28. The van der Waals surface area contributed by atoms with Crippen molar-refractivity contribution in [2.75, 3.05) is 27.4 Å². The fraction of sp³-hybridized carbons (Fsp3) is 0.345. The maximum Gasteiger partial charge on any atom is 0.223 e. The minimum atomic E-state index is -0.197. The third-order valence-corrected chi connectivity index (χ3v) is 6.53. The van der Waals surface area contributed by atoms with E-state index in [0.717, 1.165) is 30.6 Å². The SMILES string of the molecule is CCc1ccc(OCC2c3cc(OC)c(OC)cc3CCN2C(=O)CCc2ccccc2)cc1. The Labute approximate surface area is 202 Å². The molecular weight excluding hydrogens is 426 g/mol. The van der Waals surface area contributed by atoms with Crippen molar-refractivity contribution < 1.29 is 19.0 Å². The zero-order chi connectivity index (χ0) is 23.9. The molecule has 0 aliphatic carbocycles. The quantitative estimate of drug-likeness (QED) is 0.430. The fourth-order valence-electron chi connectivity index (χ4n) is 4.54. The van der Waals surface area contributed by atoms with Crippen LogP contribution in [-0.4, -0.2) is 38.2 Å². The molecule has 5 heteroatoms. The van der Waals surface area contributed by atoms with E-state index in [-0.39, 0.29) is 11.9 Å². The summed E-state index contributed by atoms with van der Waals surface area (Å²) in [4.78, 5) is 15.3. The van der Waals surface area contributed by atoms with Crippen molar-refractivity contribution in [3.63, 3.8) is 0 Å². The number of ether oxygens (including phenoxy) is 3. The molecule has 0 radical (unpaired) electrons. The molecule has 5 nitrogen and oxygen atoms in total. The van der Waals surface area contributed by atoms with Gasteiger partial charge < -0.3 is 19.1 Å². The van der Waals surface area contributed by atoms with Gasteiger partial charge in [-0.2, -0.15) is 0 Å². The van der Waals surface area contributed by atoms with Crippen molar-refractivity contribution in [2.45, 2.75) is 38.6 Å². The first kappa shape index (κ1) is 23.7. The molecule has 1 aliphatic rings. The van der Waals surface area contributed by atoms with E-state index in [9.17, 15) is 4.79 Å². The van der Waals surface area contributed by atoms with Crippen LogP contribution in [0, 0.1) is 0 Å². The molecule has 4 rings (SSSR count). The Morgan fingerprint density at radius 1 is 0.941 bits per heavy atom. The maximum absolute atomic E-state index is 13.4. The molecule has 1 heterocycles. The number of hydrogen-bond donors (Lipinski definition) is 0. The van der Waals surface area contributed by atoms with Crippen molar-refractivity contribution in [3.05, 3.63) is 89.0 Å². The summed E-state index contributed by atoms with van der Waals surface area (Å²) in [5, 5.41) is 0. The molecule has 0 spiro atoms. The van der Waals surface area contributed by atoms with Crippen LogP contribution in [0.3, 0.4) is 0 Å². The second-order valence-corrected chi connectivity index (χ2v) is 8.55. The molecule has 0 N–H and O–H groups in total. The van der Waals surface area contributed by atoms with Crippen molar-refractivity contribution in [3.8, 4) is 17.2 Å². The average Bonchev–Trinajstić information content (AvgIpc) is 2.90. The monoisotopic (exact) mass is 459 g/mol. The van der Waals surface area contributed by atoms with Gasteiger partial charge >= 0.3 is 0 Å². The molecule has 0 saturated heterocycles. The molecule has 178 valence electrons. The second kappa shape index (κ2) is 11.1. The highest BCUT2D eigenvalue weighted by molar-refractivity contribution is 5.77. The van der Waals surface area contributed by atoms with Crippen LogP contribution in [0.2, 0.25) is 0 Å². The van der Waals surface area contributed by atoms with Gasteiger partial charge in [0.15, 0.2) is 11.5 Å². The molecule has 1 unspecified atom stereocenters. The predicted molar refractivity (Wildman–Crippen MR) is 134 cm³/mol. The Morgan fingerprint density at radius 3 is 2.32 bits per heavy atom. The minimum Gasteiger partial charge on any atom is -0.493 e. The molecule has 0 bridgehead atoms. The summed E-state index contributed by atoms with van der Waals surface area (Å²) in [5.74, 6) is 2.32. The molecule has 0 saturated carbocycles. The first-order chi connectivity index (χ1) is 16.6. The Kier molecular flexibility index (Phi) is 7.73. The van der Waals surface area contributed by atoms with Crippen LogP contribution in [-0.2, 0) is 24.1 Å². The number of fused-ring (bicyclic) bond motifs is 1. The molecule has 3 aromatic carbocycles. The lowest BCUT2D eigenvalue weighted by Gasteiger charge is -2.37. The van der Waals surface area contributed by atoms with Gasteiger partial charge in [0.05, 0.1) is 20.3 Å². The highest BCUT2D eigenvalue weighted by Gasteiger charge is 2.32. The van der Waals surface area contributed by atoms with E-state index >= 15 is 0 Å². The number of amides is 1. The van der Waals surface area contributed by atoms with E-state index in [0.29, 0.717) is 31.1 Å². The van der Waals surface area contributed by atoms with Crippen molar-refractivity contribution in [2.24, 2.45) is 0 Å². The second-order valence-electron chi connectivity index (χ2n) is 8.55. The van der Waals surface area contributed by atoms with E-state index in [2.05, 4.69) is 31.2 Å². The molecule has 1 aliphatic heterocycles. The van der Waals surface area contributed by atoms with Crippen LogP contribution in [0.25, 0.3) is 0 Å². The number of aryl methyl sites for hydroxylation is 2. The first-order valence-corrected chi connectivity index (χ1v) is 11.9. The van der Waals surface area contributed by atoms with Gasteiger partial charge in [-0.1, -0.05) is 49.4 Å². The van der Waals surface area contributed by atoms with E-state index in [4.69, 9.17) is 14.2 Å². The summed E-state index contributed by atoms with van der Waals surface area (Å²) in [6.45, 7) is 3.17. The topological polar surface area (TPSA) is 48.0 Å². The van der Waals surface area contributed by atoms with Gasteiger partial charge in [0.25, 0.3) is 0 Å². The highest BCUT2D eigenvalue weighted by Crippen LogP contribution is 2.38. The van der Waals surface area contributed by atoms with E-state index < -0.39 is 0 Å². The predicted octanol–water partition coefficient (Wildman–Crippen LogP) is 5.40. The van der Waals surface area contributed by atoms with Gasteiger partial charge in [0.1, 0.15) is 12.4 Å². The number of hydrogen-bond acceptors (Lipinski definition) is 4. The summed E-state index contributed by atoms with van der Waals surface area (Å²) in [6.07, 6.45) is 2.95. The van der Waals surface area contributed by atoms with Crippen LogP contribution in [0.15, 0.2) is 66.7 Å². The van der Waals surface area contributed by atoms with E-state index in [1.165, 1.54) is 16.7 Å². The average molecular weight is 460 g/mol. The van der Waals surface area contributed by atoms with Gasteiger partial charge in [-0.25, -0.2) is 0 Å². The van der Waals surface area contributed by atoms with Gasteiger partial charge in [-0.3, -0.25) is 4.79 Å². The van der Waals surface area contributed by atoms with Gasteiger partial charge in [-0.05, 0) is 65.8 Å². The minimum absolute atomic E-state index is 0.138. The molecule has 0 fully saturated rings. The van der Waals surface area contributed by atoms with Gasteiger partial charge in [0, 0.05) is 13.0 Å². The van der Waals surface area contributed by atoms with E-state index in [1.54, 1.807) is 14.2 Å². The number of methoxy groups -OCH3 is 2. The summed E-state index contributed by atoms with van der Waals surface area (Å²) in [6, 6.07) is 22.1. The Morgan fingerprint density at radius 2 is 1.65 bits per heavy atom. The normalized spacial score (nSPS) is 14.9. The van der Waals surface area contributed by atoms with Crippen LogP contribution >= 0.6 is 0 Å². The van der Waals surface area contributed by atoms with Crippen LogP contribution in [0.1, 0.15) is 41.6 Å². The fourth-order valence-corrected chi connectivity index (χ4v) is 4.54. The Bertz CT molecular complexity index is 1100.